The second kappa shape index (κ2) is 6.56. The fourth-order valence-corrected chi connectivity index (χ4v) is 2.29. The molecule has 21 heavy (non-hydrogen) atoms. The van der Waals surface area contributed by atoms with E-state index in [1.807, 2.05) is 6.07 Å². The zero-order valence-corrected chi connectivity index (χ0v) is 12.4. The lowest BCUT2D eigenvalue weighted by atomic mass is 9.99. The Bertz CT molecular complexity index is 507. The monoisotopic (exact) mass is 291 g/mol. The average Bonchev–Trinajstić information content (AvgIpc) is 2.48. The van der Waals surface area contributed by atoms with Crippen molar-refractivity contribution in [3.8, 4) is 0 Å². The summed E-state index contributed by atoms with van der Waals surface area (Å²) < 4.78 is 0. The van der Waals surface area contributed by atoms with E-state index in [2.05, 4.69) is 22.1 Å². The number of hydrogen-bond donors (Lipinski definition) is 2. The molecule has 0 saturated carbocycles. The number of carboxylic acids is 1. The van der Waals surface area contributed by atoms with E-state index in [4.69, 9.17) is 5.11 Å². The van der Waals surface area contributed by atoms with Crippen molar-refractivity contribution in [3.63, 3.8) is 0 Å². The highest BCUT2D eigenvalue weighted by atomic mass is 16.4. The summed E-state index contributed by atoms with van der Waals surface area (Å²) in [4.78, 5) is 29.1. The highest BCUT2D eigenvalue weighted by Gasteiger charge is 2.18. The number of pyridine rings is 1. The molecule has 1 amide bonds. The van der Waals surface area contributed by atoms with Gasteiger partial charge in [0.2, 0.25) is 0 Å². The van der Waals surface area contributed by atoms with Crippen molar-refractivity contribution in [2.24, 2.45) is 5.92 Å². The van der Waals surface area contributed by atoms with Crippen molar-refractivity contribution < 1.29 is 14.7 Å². The van der Waals surface area contributed by atoms with Gasteiger partial charge < -0.3 is 15.3 Å². The van der Waals surface area contributed by atoms with Crippen LogP contribution in [0.3, 0.4) is 0 Å². The van der Waals surface area contributed by atoms with Crippen molar-refractivity contribution in [1.29, 1.82) is 0 Å². The molecule has 6 nitrogen and oxygen atoms in total. The predicted molar refractivity (Wildman–Crippen MR) is 79.4 cm³/mol. The molecule has 1 aliphatic rings. The molecule has 1 aliphatic heterocycles. The Morgan fingerprint density at radius 1 is 1.38 bits per heavy atom. The Hall–Kier alpha value is -2.11. The van der Waals surface area contributed by atoms with Gasteiger partial charge in [0.1, 0.15) is 11.9 Å². The lowest BCUT2D eigenvalue weighted by Crippen LogP contribution is -2.38. The van der Waals surface area contributed by atoms with Crippen LogP contribution >= 0.6 is 0 Å². The third-order valence-corrected chi connectivity index (χ3v) is 3.84. The summed E-state index contributed by atoms with van der Waals surface area (Å²) in [5.74, 6) is 0.139. The SMILES string of the molecule is CC1CCN(c2ccc(C(=O)N[C@H](C)C(=O)O)cn2)CC1. The molecule has 0 aromatic carbocycles. The van der Waals surface area contributed by atoms with E-state index in [0.29, 0.717) is 5.56 Å². The van der Waals surface area contributed by atoms with Crippen molar-refractivity contribution in [2.45, 2.75) is 32.7 Å². The molecule has 0 spiro atoms. The van der Waals surface area contributed by atoms with Crippen LogP contribution in [0.2, 0.25) is 0 Å². The van der Waals surface area contributed by atoms with Crippen LogP contribution in [0.4, 0.5) is 5.82 Å². The van der Waals surface area contributed by atoms with Crippen molar-refractivity contribution in [3.05, 3.63) is 23.9 Å². The maximum Gasteiger partial charge on any atom is 0.325 e. The smallest absolute Gasteiger partial charge is 0.325 e. The normalized spacial score (nSPS) is 17.3. The largest absolute Gasteiger partial charge is 0.480 e. The first-order chi connectivity index (χ1) is 9.97. The summed E-state index contributed by atoms with van der Waals surface area (Å²) in [7, 11) is 0. The summed E-state index contributed by atoms with van der Waals surface area (Å²) >= 11 is 0. The minimum atomic E-state index is -1.06. The second-order valence-electron chi connectivity index (χ2n) is 5.61. The first-order valence-electron chi connectivity index (χ1n) is 7.22. The molecule has 2 rings (SSSR count). The Morgan fingerprint density at radius 3 is 2.57 bits per heavy atom. The van der Waals surface area contributed by atoms with E-state index in [9.17, 15) is 9.59 Å². The maximum atomic E-state index is 11.9. The quantitative estimate of drug-likeness (QED) is 0.879. The molecule has 2 N–H and O–H groups in total. The zero-order valence-electron chi connectivity index (χ0n) is 12.4. The first kappa shape index (κ1) is 15.3. The summed E-state index contributed by atoms with van der Waals surface area (Å²) in [6.07, 6.45) is 3.80. The summed E-state index contributed by atoms with van der Waals surface area (Å²) in [6.45, 7) is 5.64. The van der Waals surface area contributed by atoms with E-state index in [1.54, 1.807) is 6.07 Å². The molecule has 0 bridgehead atoms. The van der Waals surface area contributed by atoms with Gasteiger partial charge in [-0.25, -0.2) is 4.98 Å². The van der Waals surface area contributed by atoms with Gasteiger partial charge in [-0.15, -0.1) is 0 Å². The van der Waals surface area contributed by atoms with Gasteiger partial charge in [0, 0.05) is 19.3 Å². The number of carbonyl (C=O) groups is 2. The second-order valence-corrected chi connectivity index (χ2v) is 5.61. The number of nitrogens with zero attached hydrogens (tertiary/aromatic N) is 2. The lowest BCUT2D eigenvalue weighted by molar-refractivity contribution is -0.138. The number of anilines is 1. The molecular formula is C15H21N3O3. The van der Waals surface area contributed by atoms with E-state index in [-0.39, 0.29) is 0 Å². The Labute approximate surface area is 124 Å². The van der Waals surface area contributed by atoms with E-state index in [0.717, 1.165) is 37.7 Å². The van der Waals surface area contributed by atoms with Crippen LogP contribution in [0.1, 0.15) is 37.0 Å². The van der Waals surface area contributed by atoms with Crippen molar-refractivity contribution in [2.75, 3.05) is 18.0 Å². The standard InChI is InChI=1S/C15H21N3O3/c1-10-5-7-18(8-6-10)13-4-3-12(9-16-13)14(19)17-11(2)15(20)21/h3-4,9-11H,5-8H2,1-2H3,(H,17,19)(H,20,21)/t11-/m1/s1. The van der Waals surface area contributed by atoms with Crippen LogP contribution in [0.25, 0.3) is 0 Å². The topological polar surface area (TPSA) is 82.5 Å². The fraction of sp³-hybridized carbons (Fsp3) is 0.533. The van der Waals surface area contributed by atoms with Crippen LogP contribution in [0, 0.1) is 5.92 Å². The molecular weight excluding hydrogens is 270 g/mol. The average molecular weight is 291 g/mol. The molecule has 114 valence electrons. The lowest BCUT2D eigenvalue weighted by Gasteiger charge is -2.31. The summed E-state index contributed by atoms with van der Waals surface area (Å²) in [5, 5.41) is 11.2. The van der Waals surface area contributed by atoms with Gasteiger partial charge in [-0.1, -0.05) is 6.92 Å². The molecule has 0 radical (unpaired) electrons. The van der Waals surface area contributed by atoms with Crippen LogP contribution in [-0.2, 0) is 4.79 Å². The number of carboxylic acid groups (broad SMARTS) is 1. The first-order valence-corrected chi connectivity index (χ1v) is 7.22. The number of hydrogen-bond acceptors (Lipinski definition) is 4. The maximum absolute atomic E-state index is 11.9. The van der Waals surface area contributed by atoms with Gasteiger partial charge in [-0.3, -0.25) is 9.59 Å². The highest BCUT2D eigenvalue weighted by molar-refractivity contribution is 5.96. The summed E-state index contributed by atoms with van der Waals surface area (Å²) in [6, 6.07) is 2.58. The Balaban J connectivity index is 1.98. The molecule has 1 aromatic rings. The number of nitrogens with one attached hydrogen (secondary N) is 1. The van der Waals surface area contributed by atoms with Gasteiger partial charge in [0.25, 0.3) is 5.91 Å². The number of aliphatic carboxylic acids is 1. The molecule has 2 heterocycles. The molecule has 1 aromatic heterocycles. The van der Waals surface area contributed by atoms with E-state index >= 15 is 0 Å². The summed E-state index contributed by atoms with van der Waals surface area (Å²) in [5.41, 5.74) is 0.372. The molecule has 1 atom stereocenters. The number of amides is 1. The van der Waals surface area contributed by atoms with Gasteiger partial charge in [-0.2, -0.15) is 0 Å². The molecule has 0 unspecified atom stereocenters. The molecule has 1 saturated heterocycles. The van der Waals surface area contributed by atoms with Gasteiger partial charge >= 0.3 is 5.97 Å². The van der Waals surface area contributed by atoms with E-state index < -0.39 is 17.9 Å². The van der Waals surface area contributed by atoms with Crippen LogP contribution in [-0.4, -0.2) is 41.1 Å². The van der Waals surface area contributed by atoms with Crippen LogP contribution in [0.15, 0.2) is 18.3 Å². The molecule has 6 heteroatoms. The van der Waals surface area contributed by atoms with Gasteiger partial charge in [-0.05, 0) is 37.8 Å². The third-order valence-electron chi connectivity index (χ3n) is 3.84. The number of rotatable bonds is 4. The van der Waals surface area contributed by atoms with Crippen LogP contribution < -0.4 is 10.2 Å². The zero-order chi connectivity index (χ0) is 15.4. The number of aromatic nitrogens is 1. The highest BCUT2D eigenvalue weighted by Crippen LogP contribution is 2.21. The Kier molecular flexibility index (Phi) is 4.77. The Morgan fingerprint density at radius 2 is 2.05 bits per heavy atom. The third kappa shape index (κ3) is 3.93. The van der Waals surface area contributed by atoms with Crippen LogP contribution in [0.5, 0.6) is 0 Å². The van der Waals surface area contributed by atoms with Crippen molar-refractivity contribution >= 4 is 17.7 Å². The van der Waals surface area contributed by atoms with E-state index in [1.165, 1.54) is 13.1 Å². The fourth-order valence-electron chi connectivity index (χ4n) is 2.29. The minimum Gasteiger partial charge on any atom is -0.480 e. The number of piperidine rings is 1. The minimum absolute atomic E-state index is 0.372. The molecule has 0 aliphatic carbocycles. The predicted octanol–water partition coefficient (Wildman–Crippen LogP) is 1.52. The molecule has 1 fully saturated rings. The van der Waals surface area contributed by atoms with Gasteiger partial charge in [0.15, 0.2) is 0 Å². The number of carbonyl (C=O) groups excluding carboxylic acids is 1. The van der Waals surface area contributed by atoms with Crippen molar-refractivity contribution in [1.82, 2.24) is 10.3 Å². The van der Waals surface area contributed by atoms with Gasteiger partial charge in [0.05, 0.1) is 5.56 Å².